The van der Waals surface area contributed by atoms with Gasteiger partial charge in [0.2, 0.25) is 0 Å². The number of aliphatic hydroxyl groups is 1. The number of ketones is 1. The third kappa shape index (κ3) is 6.54. The molecule has 0 aliphatic heterocycles. The van der Waals surface area contributed by atoms with Crippen molar-refractivity contribution in [3.8, 4) is 5.75 Å². The van der Waals surface area contributed by atoms with Gasteiger partial charge in [-0.1, -0.05) is 6.92 Å². The molecular formula is C17H26FNO3. The van der Waals surface area contributed by atoms with E-state index in [4.69, 9.17) is 4.74 Å². The zero-order valence-corrected chi connectivity index (χ0v) is 13.8. The van der Waals surface area contributed by atoms with Crippen LogP contribution in [0.25, 0.3) is 0 Å². The van der Waals surface area contributed by atoms with Crippen LogP contribution >= 0.6 is 0 Å². The summed E-state index contributed by atoms with van der Waals surface area (Å²) in [5.41, 5.74) is 0.136. The second-order valence-corrected chi connectivity index (χ2v) is 6.41. The van der Waals surface area contributed by atoms with E-state index in [1.807, 2.05) is 27.7 Å². The Bertz CT molecular complexity index is 497. The van der Waals surface area contributed by atoms with Crippen LogP contribution in [0, 0.1) is 5.82 Å². The molecular weight excluding hydrogens is 285 g/mol. The smallest absolute Gasteiger partial charge is 0.166 e. The normalized spacial score (nSPS) is 13.0. The molecule has 0 amide bonds. The highest BCUT2D eigenvalue weighted by Crippen LogP contribution is 2.22. The van der Waals surface area contributed by atoms with E-state index in [9.17, 15) is 14.3 Å². The first kappa shape index (κ1) is 18.6. The SMILES string of the molecule is CCCC(=O)c1cc(F)ccc1OC[C@H](O)CNC(C)(C)C. The Morgan fingerprint density at radius 1 is 1.41 bits per heavy atom. The quantitative estimate of drug-likeness (QED) is 0.725. The number of carbonyl (C=O) groups is 1. The van der Waals surface area contributed by atoms with Gasteiger partial charge in [-0.3, -0.25) is 4.79 Å². The van der Waals surface area contributed by atoms with Crippen molar-refractivity contribution in [2.24, 2.45) is 0 Å². The summed E-state index contributed by atoms with van der Waals surface area (Å²) in [5.74, 6) is -0.310. The maximum atomic E-state index is 13.3. The van der Waals surface area contributed by atoms with Crippen molar-refractivity contribution in [2.75, 3.05) is 13.2 Å². The van der Waals surface area contributed by atoms with Crippen LogP contribution in [0.2, 0.25) is 0 Å². The number of hydrogen-bond donors (Lipinski definition) is 2. The monoisotopic (exact) mass is 311 g/mol. The van der Waals surface area contributed by atoms with E-state index in [1.165, 1.54) is 18.2 Å². The van der Waals surface area contributed by atoms with Gasteiger partial charge in [0.25, 0.3) is 0 Å². The van der Waals surface area contributed by atoms with Crippen LogP contribution in [-0.4, -0.2) is 35.7 Å². The maximum absolute atomic E-state index is 13.3. The van der Waals surface area contributed by atoms with Gasteiger partial charge in [0.15, 0.2) is 5.78 Å². The molecule has 0 saturated carbocycles. The number of aliphatic hydroxyl groups excluding tert-OH is 1. The van der Waals surface area contributed by atoms with E-state index >= 15 is 0 Å². The lowest BCUT2D eigenvalue weighted by Crippen LogP contribution is -2.42. The van der Waals surface area contributed by atoms with Gasteiger partial charge < -0.3 is 15.2 Å². The number of ether oxygens (including phenoxy) is 1. The highest BCUT2D eigenvalue weighted by Gasteiger charge is 2.16. The van der Waals surface area contributed by atoms with Crippen molar-refractivity contribution in [2.45, 2.75) is 52.2 Å². The molecule has 0 spiro atoms. The second kappa shape index (κ2) is 8.25. The zero-order chi connectivity index (χ0) is 16.8. The number of rotatable bonds is 8. The van der Waals surface area contributed by atoms with Gasteiger partial charge in [0.1, 0.15) is 24.3 Å². The predicted molar refractivity (Wildman–Crippen MR) is 84.9 cm³/mol. The molecule has 1 aromatic carbocycles. The molecule has 0 fully saturated rings. The largest absolute Gasteiger partial charge is 0.490 e. The van der Waals surface area contributed by atoms with Crippen molar-refractivity contribution < 1.29 is 19.0 Å². The van der Waals surface area contributed by atoms with Gasteiger partial charge in [-0.25, -0.2) is 4.39 Å². The lowest BCUT2D eigenvalue weighted by atomic mass is 10.1. The van der Waals surface area contributed by atoms with E-state index in [0.29, 0.717) is 25.1 Å². The molecule has 0 heterocycles. The highest BCUT2D eigenvalue weighted by molar-refractivity contribution is 5.98. The van der Waals surface area contributed by atoms with Crippen LogP contribution < -0.4 is 10.1 Å². The van der Waals surface area contributed by atoms with Crippen LogP contribution in [-0.2, 0) is 0 Å². The van der Waals surface area contributed by atoms with E-state index in [2.05, 4.69) is 5.32 Å². The van der Waals surface area contributed by atoms with Crippen LogP contribution in [0.5, 0.6) is 5.75 Å². The summed E-state index contributed by atoms with van der Waals surface area (Å²) in [7, 11) is 0. The number of halogens is 1. The fourth-order valence-electron chi connectivity index (χ4n) is 1.88. The molecule has 0 bridgehead atoms. The minimum atomic E-state index is -0.710. The molecule has 0 aliphatic rings. The second-order valence-electron chi connectivity index (χ2n) is 6.41. The van der Waals surface area contributed by atoms with E-state index in [1.54, 1.807) is 0 Å². The average molecular weight is 311 g/mol. The summed E-state index contributed by atoms with van der Waals surface area (Å²) < 4.78 is 18.8. The summed E-state index contributed by atoms with van der Waals surface area (Å²) in [5, 5.41) is 13.1. The third-order valence-electron chi connectivity index (χ3n) is 3.02. The number of nitrogens with one attached hydrogen (secondary N) is 1. The maximum Gasteiger partial charge on any atom is 0.166 e. The fraction of sp³-hybridized carbons (Fsp3) is 0.588. The molecule has 5 heteroatoms. The van der Waals surface area contributed by atoms with Gasteiger partial charge in [-0.15, -0.1) is 0 Å². The highest BCUT2D eigenvalue weighted by atomic mass is 19.1. The summed E-state index contributed by atoms with van der Waals surface area (Å²) in [6, 6.07) is 3.87. The summed E-state index contributed by atoms with van der Waals surface area (Å²) >= 11 is 0. The minimum absolute atomic E-state index is 0.0428. The molecule has 124 valence electrons. The number of carbonyl (C=O) groups excluding carboxylic acids is 1. The first-order valence-electron chi connectivity index (χ1n) is 7.61. The van der Waals surface area contributed by atoms with Crippen molar-refractivity contribution in [1.82, 2.24) is 5.32 Å². The topological polar surface area (TPSA) is 58.6 Å². The summed E-state index contributed by atoms with van der Waals surface area (Å²) in [4.78, 5) is 12.0. The van der Waals surface area contributed by atoms with Crippen LogP contribution in [0.15, 0.2) is 18.2 Å². The Morgan fingerprint density at radius 3 is 2.68 bits per heavy atom. The Morgan fingerprint density at radius 2 is 2.09 bits per heavy atom. The van der Waals surface area contributed by atoms with Crippen LogP contribution in [0.3, 0.4) is 0 Å². The van der Waals surface area contributed by atoms with Crippen molar-refractivity contribution >= 4 is 5.78 Å². The molecule has 0 radical (unpaired) electrons. The number of benzene rings is 1. The molecule has 2 N–H and O–H groups in total. The molecule has 0 saturated heterocycles. The van der Waals surface area contributed by atoms with Gasteiger partial charge in [-0.05, 0) is 45.4 Å². The van der Waals surface area contributed by atoms with Crippen molar-refractivity contribution in [3.63, 3.8) is 0 Å². The Labute approximate surface area is 131 Å². The lowest BCUT2D eigenvalue weighted by molar-refractivity contribution is 0.0932. The third-order valence-corrected chi connectivity index (χ3v) is 3.02. The molecule has 1 atom stereocenters. The first-order chi connectivity index (χ1) is 10.2. The Kier molecular flexibility index (Phi) is 6.97. The van der Waals surface area contributed by atoms with E-state index < -0.39 is 11.9 Å². The lowest BCUT2D eigenvalue weighted by Gasteiger charge is -2.23. The standard InChI is InChI=1S/C17H26FNO3/c1-5-6-15(21)14-9-12(18)7-8-16(14)22-11-13(20)10-19-17(2,3)4/h7-9,13,19-20H,5-6,10-11H2,1-4H3/t13-/m1/s1. The van der Waals surface area contributed by atoms with Crippen molar-refractivity contribution in [3.05, 3.63) is 29.6 Å². The molecule has 22 heavy (non-hydrogen) atoms. The Balaban J connectivity index is 2.67. The molecule has 0 aliphatic carbocycles. The molecule has 4 nitrogen and oxygen atoms in total. The molecule has 1 rings (SSSR count). The number of β-amino-alcohol motifs (C(OH)–C–C–N with tert-alkyl or cyclic N) is 1. The van der Waals surface area contributed by atoms with Crippen molar-refractivity contribution in [1.29, 1.82) is 0 Å². The van der Waals surface area contributed by atoms with Gasteiger partial charge in [0, 0.05) is 18.5 Å². The molecule has 1 aromatic rings. The molecule has 0 unspecified atom stereocenters. The summed E-state index contributed by atoms with van der Waals surface area (Å²) in [6.07, 6.45) is 0.319. The van der Waals surface area contributed by atoms with Gasteiger partial charge in [-0.2, -0.15) is 0 Å². The van der Waals surface area contributed by atoms with Gasteiger partial charge in [0.05, 0.1) is 5.56 Å². The fourth-order valence-corrected chi connectivity index (χ4v) is 1.88. The van der Waals surface area contributed by atoms with Crippen LogP contribution in [0.1, 0.15) is 50.9 Å². The first-order valence-corrected chi connectivity index (χ1v) is 7.61. The minimum Gasteiger partial charge on any atom is -0.490 e. The van der Waals surface area contributed by atoms with E-state index in [0.717, 1.165) is 0 Å². The van der Waals surface area contributed by atoms with Gasteiger partial charge >= 0.3 is 0 Å². The number of Topliss-reactive ketones (excluding diaryl/α,β-unsaturated/α-hetero) is 1. The van der Waals surface area contributed by atoms with E-state index in [-0.39, 0.29) is 23.5 Å². The summed E-state index contributed by atoms with van der Waals surface area (Å²) in [6.45, 7) is 8.32. The number of hydrogen-bond acceptors (Lipinski definition) is 4. The average Bonchev–Trinajstić information content (AvgIpc) is 2.43. The molecule has 0 aromatic heterocycles. The zero-order valence-electron chi connectivity index (χ0n) is 13.8. The predicted octanol–water partition coefficient (Wildman–Crippen LogP) is 2.94. The Hall–Kier alpha value is -1.46. The van der Waals surface area contributed by atoms with Crippen LogP contribution in [0.4, 0.5) is 4.39 Å².